The van der Waals surface area contributed by atoms with Crippen LogP contribution in [0.25, 0.3) is 10.2 Å². The van der Waals surface area contributed by atoms with E-state index in [2.05, 4.69) is 10.3 Å². The Hall–Kier alpha value is -1.90. The average molecular weight is 433 g/mol. The molecule has 1 aliphatic rings. The molecule has 1 fully saturated rings. The number of sulfone groups is 1. The first-order chi connectivity index (χ1) is 13.5. The summed E-state index contributed by atoms with van der Waals surface area (Å²) in [5.41, 5.74) is 1.44. The maximum Gasteiger partial charge on any atom is 0.234 e. The number of thioether (sulfide) groups is 1. The zero-order valence-corrected chi connectivity index (χ0v) is 17.6. The second kappa shape index (κ2) is 8.23. The van der Waals surface area contributed by atoms with Gasteiger partial charge in [0.25, 0.3) is 0 Å². The molecule has 0 saturated heterocycles. The van der Waals surface area contributed by atoms with Crippen molar-refractivity contribution in [1.82, 2.24) is 4.98 Å². The summed E-state index contributed by atoms with van der Waals surface area (Å²) in [7, 11) is -3.33. The summed E-state index contributed by atoms with van der Waals surface area (Å²) in [5.74, 6) is 0.0408. The number of aromatic nitrogens is 1. The minimum atomic E-state index is -3.33. The molecule has 0 aliphatic heterocycles. The number of anilines is 1. The Morgan fingerprint density at radius 3 is 2.71 bits per heavy atom. The molecule has 1 aliphatic carbocycles. The van der Waals surface area contributed by atoms with Gasteiger partial charge < -0.3 is 5.32 Å². The number of nitrogens with zero attached hydrogens (tertiary/aromatic N) is 1. The zero-order valence-electron chi connectivity index (χ0n) is 15.1. The van der Waals surface area contributed by atoms with E-state index in [-0.39, 0.29) is 21.8 Å². The van der Waals surface area contributed by atoms with Crippen molar-refractivity contribution in [2.24, 2.45) is 0 Å². The lowest BCUT2D eigenvalue weighted by atomic mass is 10.3. The number of carbonyl (C=O) groups is 1. The summed E-state index contributed by atoms with van der Waals surface area (Å²) >= 11 is 2.94. The van der Waals surface area contributed by atoms with Crippen LogP contribution in [0.3, 0.4) is 0 Å². The summed E-state index contributed by atoms with van der Waals surface area (Å²) < 4.78 is 27.4. The van der Waals surface area contributed by atoms with Gasteiger partial charge in [-0.3, -0.25) is 4.79 Å². The fourth-order valence-corrected chi connectivity index (χ4v) is 7.15. The minimum absolute atomic E-state index is 0.181. The maximum absolute atomic E-state index is 12.7. The Morgan fingerprint density at radius 2 is 1.93 bits per heavy atom. The number of hydrogen-bond acceptors (Lipinski definition) is 6. The number of carbonyl (C=O) groups excluding carboxylic acids is 1. The highest BCUT2D eigenvalue weighted by molar-refractivity contribution is 8.01. The third kappa shape index (κ3) is 4.24. The van der Waals surface area contributed by atoms with E-state index in [4.69, 9.17) is 0 Å². The van der Waals surface area contributed by atoms with E-state index in [9.17, 15) is 13.2 Å². The van der Waals surface area contributed by atoms with E-state index >= 15 is 0 Å². The molecule has 1 aromatic heterocycles. The molecule has 2 aromatic carbocycles. The van der Waals surface area contributed by atoms with Crippen LogP contribution in [0.5, 0.6) is 0 Å². The maximum atomic E-state index is 12.7. The molecule has 8 heteroatoms. The Bertz CT molecular complexity index is 1070. The number of amides is 1. The van der Waals surface area contributed by atoms with Gasteiger partial charge in [0.15, 0.2) is 14.2 Å². The van der Waals surface area contributed by atoms with Crippen LogP contribution in [0.4, 0.5) is 5.69 Å². The predicted molar refractivity (Wildman–Crippen MR) is 115 cm³/mol. The molecule has 4 rings (SSSR count). The van der Waals surface area contributed by atoms with Gasteiger partial charge in [-0.25, -0.2) is 13.4 Å². The molecule has 1 heterocycles. The lowest BCUT2D eigenvalue weighted by molar-refractivity contribution is -0.113. The molecule has 146 valence electrons. The average Bonchev–Trinajstić information content (AvgIpc) is 3.36. The second-order valence-corrected chi connectivity index (χ2v) is 11.2. The predicted octanol–water partition coefficient (Wildman–Crippen LogP) is 4.74. The first-order valence-corrected chi connectivity index (χ1v) is 12.5. The van der Waals surface area contributed by atoms with Gasteiger partial charge in [0, 0.05) is 5.69 Å². The van der Waals surface area contributed by atoms with Gasteiger partial charge in [0.2, 0.25) is 5.91 Å². The fourth-order valence-electron chi connectivity index (χ4n) is 3.38. The highest BCUT2D eigenvalue weighted by Crippen LogP contribution is 2.31. The molecule has 1 saturated carbocycles. The van der Waals surface area contributed by atoms with Gasteiger partial charge in [0.1, 0.15) is 0 Å². The van der Waals surface area contributed by atoms with Gasteiger partial charge >= 0.3 is 0 Å². The number of fused-ring (bicyclic) bond motifs is 1. The van der Waals surface area contributed by atoms with Crippen molar-refractivity contribution in [3.05, 3.63) is 48.5 Å². The first kappa shape index (κ1) is 19.4. The van der Waals surface area contributed by atoms with E-state index < -0.39 is 9.84 Å². The third-order valence-corrected chi connectivity index (χ3v) is 9.23. The van der Waals surface area contributed by atoms with Crippen molar-refractivity contribution in [3.8, 4) is 0 Å². The van der Waals surface area contributed by atoms with E-state index in [0.29, 0.717) is 5.69 Å². The topological polar surface area (TPSA) is 76.1 Å². The number of rotatable bonds is 6. The van der Waals surface area contributed by atoms with Crippen LogP contribution in [-0.4, -0.2) is 30.3 Å². The van der Waals surface area contributed by atoms with Crippen LogP contribution in [0.2, 0.25) is 0 Å². The molecule has 5 nitrogen and oxygen atoms in total. The first-order valence-electron chi connectivity index (χ1n) is 9.14. The van der Waals surface area contributed by atoms with Crippen LogP contribution < -0.4 is 5.32 Å². The van der Waals surface area contributed by atoms with Gasteiger partial charge in [-0.15, -0.1) is 11.3 Å². The van der Waals surface area contributed by atoms with Crippen molar-refractivity contribution < 1.29 is 13.2 Å². The summed E-state index contributed by atoms with van der Waals surface area (Å²) in [5, 5.41) is 2.50. The van der Waals surface area contributed by atoms with Crippen molar-refractivity contribution in [2.45, 2.75) is 40.2 Å². The van der Waals surface area contributed by atoms with E-state index in [1.165, 1.54) is 11.8 Å². The number of nitrogens with one attached hydrogen (secondary N) is 1. The third-order valence-electron chi connectivity index (χ3n) is 4.79. The molecule has 28 heavy (non-hydrogen) atoms. The van der Waals surface area contributed by atoms with E-state index in [1.54, 1.807) is 35.6 Å². The molecule has 0 radical (unpaired) electrons. The summed E-state index contributed by atoms with van der Waals surface area (Å²) in [6.45, 7) is 0. The largest absolute Gasteiger partial charge is 0.325 e. The summed E-state index contributed by atoms with van der Waals surface area (Å²) in [6, 6.07) is 14.4. The van der Waals surface area contributed by atoms with Crippen molar-refractivity contribution in [1.29, 1.82) is 0 Å². The highest BCUT2D eigenvalue weighted by atomic mass is 32.2. The number of para-hydroxylation sites is 1. The monoisotopic (exact) mass is 432 g/mol. The van der Waals surface area contributed by atoms with Crippen molar-refractivity contribution in [2.75, 3.05) is 11.1 Å². The Morgan fingerprint density at radius 1 is 1.14 bits per heavy atom. The van der Waals surface area contributed by atoms with Gasteiger partial charge in [0.05, 0.1) is 26.1 Å². The smallest absolute Gasteiger partial charge is 0.234 e. The van der Waals surface area contributed by atoms with Crippen molar-refractivity contribution in [3.63, 3.8) is 0 Å². The minimum Gasteiger partial charge on any atom is -0.325 e. The molecule has 0 spiro atoms. The van der Waals surface area contributed by atoms with Crippen LogP contribution >= 0.6 is 23.1 Å². The molecular formula is C20H20N2O3S3. The molecule has 1 amide bonds. The van der Waals surface area contributed by atoms with Crippen LogP contribution in [0.15, 0.2) is 57.8 Å². The quantitative estimate of drug-likeness (QED) is 0.569. The Balaban J connectivity index is 1.40. The summed E-state index contributed by atoms with van der Waals surface area (Å²) in [4.78, 5) is 17.1. The van der Waals surface area contributed by atoms with Gasteiger partial charge in [-0.1, -0.05) is 42.8 Å². The lowest BCUT2D eigenvalue weighted by Crippen LogP contribution is -2.18. The van der Waals surface area contributed by atoms with Crippen molar-refractivity contribution >= 4 is 54.7 Å². The normalized spacial score (nSPS) is 15.1. The number of hydrogen-bond donors (Lipinski definition) is 1. The van der Waals surface area contributed by atoms with Gasteiger partial charge in [-0.2, -0.15) is 0 Å². The molecule has 0 bridgehead atoms. The van der Waals surface area contributed by atoms with Gasteiger partial charge in [-0.05, 0) is 43.2 Å². The van der Waals surface area contributed by atoms with Crippen LogP contribution in [0, 0.1) is 0 Å². The molecular weight excluding hydrogens is 412 g/mol. The zero-order chi connectivity index (χ0) is 19.6. The SMILES string of the molecule is O=C(CSc1nc2ccccc2s1)Nc1cccc(S(=O)(=O)C2CCCC2)c1. The van der Waals surface area contributed by atoms with E-state index in [0.717, 1.165) is 40.2 Å². The second-order valence-electron chi connectivity index (χ2n) is 6.76. The Kier molecular flexibility index (Phi) is 5.70. The molecule has 3 aromatic rings. The molecule has 0 unspecified atom stereocenters. The molecule has 0 atom stereocenters. The van der Waals surface area contributed by atoms with Crippen LogP contribution in [-0.2, 0) is 14.6 Å². The lowest BCUT2D eigenvalue weighted by Gasteiger charge is -2.12. The summed E-state index contributed by atoms with van der Waals surface area (Å²) in [6.07, 6.45) is 3.36. The highest BCUT2D eigenvalue weighted by Gasteiger charge is 2.30. The molecule has 1 N–H and O–H groups in total. The van der Waals surface area contributed by atoms with E-state index in [1.807, 2.05) is 24.3 Å². The number of thiazole rings is 1. The fraction of sp³-hybridized carbons (Fsp3) is 0.300. The van der Waals surface area contributed by atoms with Crippen LogP contribution in [0.1, 0.15) is 25.7 Å². The Labute approximate surface area is 172 Å². The number of benzene rings is 2. The standard InChI is InChI=1S/C20H20N2O3S3/c23-19(13-26-20-22-17-10-3-4-11-18(17)27-20)21-14-6-5-9-16(12-14)28(24,25)15-7-1-2-8-15/h3-6,9-12,15H,1-2,7-8,13H2,(H,21,23).